The Morgan fingerprint density at radius 1 is 1.16 bits per heavy atom. The van der Waals surface area contributed by atoms with Crippen LogP contribution in [0.25, 0.3) is 0 Å². The lowest BCUT2D eigenvalue weighted by Crippen LogP contribution is -2.39. The first-order valence-corrected chi connectivity index (χ1v) is 7.33. The van der Waals surface area contributed by atoms with Crippen LogP contribution in [-0.4, -0.2) is 24.5 Å². The molecule has 19 heavy (non-hydrogen) atoms. The number of nitrogens with two attached hydrogens (primary N) is 1. The summed E-state index contributed by atoms with van der Waals surface area (Å²) in [5.74, 6) is 0. The van der Waals surface area contributed by atoms with Crippen molar-refractivity contribution in [1.29, 1.82) is 0 Å². The number of nitrogens with zero attached hydrogens (tertiary/aromatic N) is 1. The van der Waals surface area contributed by atoms with E-state index in [1.54, 1.807) is 0 Å². The smallest absolute Gasteiger partial charge is 0.0295 e. The lowest BCUT2D eigenvalue weighted by atomic mass is 9.87. The topological polar surface area (TPSA) is 29.3 Å². The normalized spacial score (nSPS) is 15.5. The Morgan fingerprint density at radius 3 is 2.26 bits per heavy atom. The van der Waals surface area contributed by atoms with Gasteiger partial charge in [-0.3, -0.25) is 0 Å². The van der Waals surface area contributed by atoms with Crippen LogP contribution in [0, 0.1) is 5.41 Å². The van der Waals surface area contributed by atoms with Gasteiger partial charge in [0.15, 0.2) is 0 Å². The maximum Gasteiger partial charge on any atom is 0.0295 e. The molecule has 1 rings (SSSR count). The molecule has 0 aliphatic heterocycles. The summed E-state index contributed by atoms with van der Waals surface area (Å²) in [4.78, 5) is 2.44. The zero-order valence-electron chi connectivity index (χ0n) is 13.2. The van der Waals surface area contributed by atoms with Crippen molar-refractivity contribution in [3.8, 4) is 0 Å². The maximum absolute atomic E-state index is 6.22. The predicted molar refractivity (Wildman–Crippen MR) is 84.2 cm³/mol. The van der Waals surface area contributed by atoms with E-state index in [0.717, 1.165) is 19.4 Å². The third-order valence-electron chi connectivity index (χ3n) is 4.17. The lowest BCUT2D eigenvalue weighted by molar-refractivity contribution is 0.138. The third-order valence-corrected chi connectivity index (χ3v) is 4.17. The van der Waals surface area contributed by atoms with Gasteiger partial charge in [0.05, 0.1) is 0 Å². The van der Waals surface area contributed by atoms with Gasteiger partial charge in [0.2, 0.25) is 0 Å². The van der Waals surface area contributed by atoms with Gasteiger partial charge in [-0.15, -0.1) is 0 Å². The van der Waals surface area contributed by atoms with Crippen LogP contribution in [0.2, 0.25) is 0 Å². The SMILES string of the molecule is CC(N(C)CCCC(N)c1ccccc1)C(C)(C)C. The lowest BCUT2D eigenvalue weighted by Gasteiger charge is -2.35. The van der Waals surface area contributed by atoms with Gasteiger partial charge in [0, 0.05) is 12.1 Å². The average Bonchev–Trinajstić information content (AvgIpc) is 2.37. The molecule has 0 fully saturated rings. The van der Waals surface area contributed by atoms with Crippen LogP contribution in [0.4, 0.5) is 0 Å². The van der Waals surface area contributed by atoms with Crippen molar-refractivity contribution >= 4 is 0 Å². The molecule has 0 amide bonds. The fourth-order valence-corrected chi connectivity index (χ4v) is 2.28. The van der Waals surface area contributed by atoms with Crippen LogP contribution in [-0.2, 0) is 0 Å². The monoisotopic (exact) mass is 262 g/mol. The molecule has 0 aromatic heterocycles. The number of hydrogen-bond donors (Lipinski definition) is 1. The summed E-state index contributed by atoms with van der Waals surface area (Å²) in [6, 6.07) is 11.1. The van der Waals surface area contributed by atoms with Crippen molar-refractivity contribution in [1.82, 2.24) is 4.90 Å². The molecule has 0 heterocycles. The standard InChI is InChI=1S/C17H30N2/c1-14(17(2,3)4)19(5)13-9-12-16(18)15-10-7-6-8-11-15/h6-8,10-11,14,16H,9,12-13,18H2,1-5H3. The first-order chi connectivity index (χ1) is 8.82. The van der Waals surface area contributed by atoms with Crippen molar-refractivity contribution in [3.63, 3.8) is 0 Å². The molecule has 108 valence electrons. The molecule has 2 unspecified atom stereocenters. The Labute approximate surface area is 119 Å². The third kappa shape index (κ3) is 5.33. The van der Waals surface area contributed by atoms with Crippen LogP contribution in [0.5, 0.6) is 0 Å². The van der Waals surface area contributed by atoms with Crippen LogP contribution in [0.1, 0.15) is 52.1 Å². The van der Waals surface area contributed by atoms with E-state index in [-0.39, 0.29) is 6.04 Å². The molecule has 1 aromatic carbocycles. The van der Waals surface area contributed by atoms with E-state index in [0.29, 0.717) is 11.5 Å². The molecular formula is C17H30N2. The minimum Gasteiger partial charge on any atom is -0.324 e. The van der Waals surface area contributed by atoms with Crippen molar-refractivity contribution in [2.45, 2.75) is 52.6 Å². The van der Waals surface area contributed by atoms with E-state index < -0.39 is 0 Å². The highest BCUT2D eigenvalue weighted by Gasteiger charge is 2.23. The van der Waals surface area contributed by atoms with Gasteiger partial charge in [-0.1, -0.05) is 51.1 Å². The summed E-state index contributed by atoms with van der Waals surface area (Å²) in [5.41, 5.74) is 7.80. The largest absolute Gasteiger partial charge is 0.324 e. The van der Waals surface area contributed by atoms with E-state index in [4.69, 9.17) is 5.73 Å². The highest BCUT2D eigenvalue weighted by Crippen LogP contribution is 2.23. The molecule has 0 spiro atoms. The van der Waals surface area contributed by atoms with Gasteiger partial charge in [0.1, 0.15) is 0 Å². The minimum atomic E-state index is 0.166. The molecule has 0 saturated carbocycles. The summed E-state index contributed by atoms with van der Waals surface area (Å²) < 4.78 is 0. The van der Waals surface area contributed by atoms with Crippen LogP contribution < -0.4 is 5.73 Å². The van der Waals surface area contributed by atoms with Gasteiger partial charge in [-0.25, -0.2) is 0 Å². The zero-order chi connectivity index (χ0) is 14.5. The summed E-state index contributed by atoms with van der Waals surface area (Å²) in [5, 5.41) is 0. The Kier molecular flexibility index (Phi) is 6.02. The highest BCUT2D eigenvalue weighted by molar-refractivity contribution is 5.18. The zero-order valence-corrected chi connectivity index (χ0v) is 13.2. The van der Waals surface area contributed by atoms with E-state index in [1.807, 2.05) is 6.07 Å². The number of rotatable bonds is 6. The Morgan fingerprint density at radius 2 is 1.74 bits per heavy atom. The highest BCUT2D eigenvalue weighted by atomic mass is 15.1. The predicted octanol–water partition coefficient (Wildman–Crippen LogP) is 3.83. The molecule has 1 aromatic rings. The van der Waals surface area contributed by atoms with Crippen molar-refractivity contribution in [2.75, 3.05) is 13.6 Å². The van der Waals surface area contributed by atoms with Crippen LogP contribution >= 0.6 is 0 Å². The summed E-state index contributed by atoms with van der Waals surface area (Å²) >= 11 is 0. The van der Waals surface area contributed by atoms with Crippen molar-refractivity contribution in [3.05, 3.63) is 35.9 Å². The maximum atomic E-state index is 6.22. The number of benzene rings is 1. The first kappa shape index (κ1) is 16.2. The van der Waals surface area contributed by atoms with Crippen molar-refractivity contribution < 1.29 is 0 Å². The Balaban J connectivity index is 2.35. The summed E-state index contributed by atoms with van der Waals surface area (Å²) in [6.45, 7) is 10.3. The van der Waals surface area contributed by atoms with Gasteiger partial charge in [-0.2, -0.15) is 0 Å². The molecule has 2 N–H and O–H groups in total. The summed E-state index contributed by atoms with van der Waals surface area (Å²) in [6.07, 6.45) is 2.19. The summed E-state index contributed by atoms with van der Waals surface area (Å²) in [7, 11) is 2.21. The second-order valence-corrected chi connectivity index (χ2v) is 6.68. The average molecular weight is 262 g/mol. The van der Waals surface area contributed by atoms with E-state index >= 15 is 0 Å². The molecule has 0 aliphatic carbocycles. The van der Waals surface area contributed by atoms with Crippen molar-refractivity contribution in [2.24, 2.45) is 11.1 Å². The molecule has 0 bridgehead atoms. The molecule has 2 heteroatoms. The Hall–Kier alpha value is -0.860. The van der Waals surface area contributed by atoms with Crippen LogP contribution in [0.15, 0.2) is 30.3 Å². The van der Waals surface area contributed by atoms with Crippen LogP contribution in [0.3, 0.4) is 0 Å². The minimum absolute atomic E-state index is 0.166. The quantitative estimate of drug-likeness (QED) is 0.844. The Bertz CT molecular complexity index is 353. The second kappa shape index (κ2) is 7.06. The van der Waals surface area contributed by atoms with Gasteiger partial charge in [0.25, 0.3) is 0 Å². The first-order valence-electron chi connectivity index (χ1n) is 7.33. The molecule has 0 radical (unpaired) electrons. The molecule has 2 atom stereocenters. The molecule has 0 aliphatic rings. The van der Waals surface area contributed by atoms with Gasteiger partial charge < -0.3 is 10.6 Å². The fourth-order valence-electron chi connectivity index (χ4n) is 2.28. The second-order valence-electron chi connectivity index (χ2n) is 6.68. The van der Waals surface area contributed by atoms with Gasteiger partial charge >= 0.3 is 0 Å². The van der Waals surface area contributed by atoms with E-state index in [1.165, 1.54) is 5.56 Å². The molecule has 2 nitrogen and oxygen atoms in total. The molecular weight excluding hydrogens is 232 g/mol. The van der Waals surface area contributed by atoms with Gasteiger partial charge in [-0.05, 0) is 44.3 Å². The number of hydrogen-bond acceptors (Lipinski definition) is 2. The molecule has 0 saturated heterocycles. The fraction of sp³-hybridized carbons (Fsp3) is 0.647. The van der Waals surface area contributed by atoms with E-state index in [2.05, 4.69) is 63.9 Å². The van der Waals surface area contributed by atoms with E-state index in [9.17, 15) is 0 Å².